The Morgan fingerprint density at radius 3 is 2.61 bits per heavy atom. The first-order chi connectivity index (χ1) is 10.6. The van der Waals surface area contributed by atoms with Crippen LogP contribution in [0.5, 0.6) is 0 Å². The molecule has 128 valence electrons. The molecule has 0 unspecified atom stereocenters. The van der Waals surface area contributed by atoms with E-state index in [-0.39, 0.29) is 11.8 Å². The number of halogens is 1. The van der Waals surface area contributed by atoms with Crippen LogP contribution in [0.15, 0.2) is 18.2 Å². The number of anilines is 1. The number of nitro benzene ring substituents is 1. The van der Waals surface area contributed by atoms with Crippen LogP contribution in [0.2, 0.25) is 5.02 Å². The van der Waals surface area contributed by atoms with Crippen LogP contribution >= 0.6 is 11.6 Å². The molecule has 1 aromatic rings. The number of carbonyl (C=O) groups excluding carboxylic acids is 1. The highest BCUT2D eigenvalue weighted by atomic mass is 35.5. The summed E-state index contributed by atoms with van der Waals surface area (Å²) in [6.45, 7) is 6.54. The van der Waals surface area contributed by atoms with E-state index in [1.807, 2.05) is 20.8 Å². The van der Waals surface area contributed by atoms with Crippen LogP contribution in [0.25, 0.3) is 0 Å². The average Bonchev–Trinajstić information content (AvgIpc) is 2.42. The number of non-ortho nitro benzene ring substituents is 1. The number of ether oxygens (including phenoxy) is 1. The molecule has 0 fully saturated rings. The van der Waals surface area contributed by atoms with Crippen LogP contribution < -0.4 is 5.32 Å². The fourth-order valence-corrected chi connectivity index (χ4v) is 1.97. The molecule has 0 aliphatic rings. The molecule has 23 heavy (non-hydrogen) atoms. The summed E-state index contributed by atoms with van der Waals surface area (Å²) in [5.41, 5.74) is 0.0537. The van der Waals surface area contributed by atoms with Gasteiger partial charge in [0.05, 0.1) is 15.6 Å². The van der Waals surface area contributed by atoms with Gasteiger partial charge < -0.3 is 15.0 Å². The van der Waals surface area contributed by atoms with Crippen molar-refractivity contribution in [3.05, 3.63) is 33.3 Å². The number of hydrogen-bond acceptors (Lipinski definition) is 5. The highest BCUT2D eigenvalue weighted by Gasteiger charge is 2.19. The summed E-state index contributed by atoms with van der Waals surface area (Å²) >= 11 is 5.99. The maximum Gasteiger partial charge on any atom is 0.410 e. The van der Waals surface area contributed by atoms with Crippen LogP contribution in [0.1, 0.15) is 27.2 Å². The van der Waals surface area contributed by atoms with Gasteiger partial charge in [0.2, 0.25) is 0 Å². The Kier molecular flexibility index (Phi) is 6.62. The van der Waals surface area contributed by atoms with Crippen molar-refractivity contribution in [2.24, 2.45) is 0 Å². The van der Waals surface area contributed by atoms with Crippen LogP contribution in [-0.2, 0) is 4.74 Å². The van der Waals surface area contributed by atoms with E-state index in [1.54, 1.807) is 13.1 Å². The number of hydrogen-bond donors (Lipinski definition) is 1. The number of nitro groups is 1. The maximum absolute atomic E-state index is 11.8. The van der Waals surface area contributed by atoms with Crippen molar-refractivity contribution >= 4 is 29.1 Å². The lowest BCUT2D eigenvalue weighted by Crippen LogP contribution is -2.35. The Balaban J connectivity index is 2.40. The first-order valence-electron chi connectivity index (χ1n) is 7.22. The quantitative estimate of drug-likeness (QED) is 0.480. The largest absolute Gasteiger partial charge is 0.444 e. The summed E-state index contributed by atoms with van der Waals surface area (Å²) in [4.78, 5) is 23.4. The molecular formula is C15H22ClN3O4. The Morgan fingerprint density at radius 1 is 1.43 bits per heavy atom. The SMILES string of the molecule is CN(CCCNc1ccc([N+](=O)[O-])cc1Cl)C(=O)OC(C)(C)C. The lowest BCUT2D eigenvalue weighted by Gasteiger charge is -2.24. The number of rotatable bonds is 6. The molecule has 0 heterocycles. The molecule has 1 N–H and O–H groups in total. The Bertz CT molecular complexity index is 572. The van der Waals surface area contributed by atoms with E-state index in [0.29, 0.717) is 30.2 Å². The molecule has 1 amide bonds. The molecule has 0 saturated heterocycles. The van der Waals surface area contributed by atoms with Gasteiger partial charge in [-0.25, -0.2) is 4.79 Å². The van der Waals surface area contributed by atoms with Crippen molar-refractivity contribution in [2.75, 3.05) is 25.5 Å². The summed E-state index contributed by atoms with van der Waals surface area (Å²) in [6, 6.07) is 4.26. The predicted molar refractivity (Wildman–Crippen MR) is 90.1 cm³/mol. The monoisotopic (exact) mass is 343 g/mol. The standard InChI is InChI=1S/C15H22ClN3O4/c1-15(2,3)23-14(20)18(4)9-5-8-17-13-7-6-11(19(21)22)10-12(13)16/h6-7,10,17H,5,8-9H2,1-4H3. The first-order valence-corrected chi connectivity index (χ1v) is 7.60. The third-order valence-electron chi connectivity index (χ3n) is 2.85. The highest BCUT2D eigenvalue weighted by molar-refractivity contribution is 6.33. The minimum absolute atomic E-state index is 0.0507. The molecule has 0 radical (unpaired) electrons. The summed E-state index contributed by atoms with van der Waals surface area (Å²) in [5.74, 6) is 0. The van der Waals surface area contributed by atoms with Gasteiger partial charge >= 0.3 is 6.09 Å². The van der Waals surface area contributed by atoms with E-state index in [4.69, 9.17) is 16.3 Å². The molecule has 0 spiro atoms. The van der Waals surface area contributed by atoms with Crippen LogP contribution in [-0.4, -0.2) is 41.7 Å². The van der Waals surface area contributed by atoms with Crippen LogP contribution in [0, 0.1) is 10.1 Å². The summed E-state index contributed by atoms with van der Waals surface area (Å²) in [7, 11) is 1.67. The fraction of sp³-hybridized carbons (Fsp3) is 0.533. The normalized spacial score (nSPS) is 11.0. The molecule has 1 rings (SSSR count). The van der Waals surface area contributed by atoms with Crippen molar-refractivity contribution < 1.29 is 14.5 Å². The van der Waals surface area contributed by atoms with Crippen LogP contribution in [0.3, 0.4) is 0 Å². The van der Waals surface area contributed by atoms with Gasteiger partial charge in [-0.3, -0.25) is 10.1 Å². The number of nitrogens with one attached hydrogen (secondary N) is 1. The second kappa shape index (κ2) is 8.01. The van der Waals surface area contributed by atoms with Crippen molar-refractivity contribution in [3.63, 3.8) is 0 Å². The number of carbonyl (C=O) groups is 1. The van der Waals surface area contributed by atoms with Gasteiger partial charge in [-0.2, -0.15) is 0 Å². The third kappa shape index (κ3) is 6.73. The minimum Gasteiger partial charge on any atom is -0.444 e. The molecule has 0 aliphatic carbocycles. The van der Waals surface area contributed by atoms with Crippen molar-refractivity contribution in [1.29, 1.82) is 0 Å². The van der Waals surface area contributed by atoms with E-state index in [0.717, 1.165) is 0 Å². The zero-order chi connectivity index (χ0) is 17.6. The van der Waals surface area contributed by atoms with Gasteiger partial charge in [-0.05, 0) is 33.3 Å². The van der Waals surface area contributed by atoms with Gasteiger partial charge in [-0.1, -0.05) is 11.6 Å². The van der Waals surface area contributed by atoms with Gasteiger partial charge in [-0.15, -0.1) is 0 Å². The lowest BCUT2D eigenvalue weighted by molar-refractivity contribution is -0.384. The molecular weight excluding hydrogens is 322 g/mol. The average molecular weight is 344 g/mol. The van der Waals surface area contributed by atoms with Crippen molar-refractivity contribution in [3.8, 4) is 0 Å². The maximum atomic E-state index is 11.8. The Labute approximate surface area is 140 Å². The van der Waals surface area contributed by atoms with E-state index in [2.05, 4.69) is 5.32 Å². The third-order valence-corrected chi connectivity index (χ3v) is 3.17. The molecule has 8 heteroatoms. The predicted octanol–water partition coefficient (Wildman–Crippen LogP) is 3.92. The number of amides is 1. The molecule has 0 saturated carbocycles. The Hall–Kier alpha value is -2.02. The smallest absolute Gasteiger partial charge is 0.410 e. The number of benzene rings is 1. The summed E-state index contributed by atoms with van der Waals surface area (Å²) in [5, 5.41) is 14.0. The van der Waals surface area contributed by atoms with Crippen molar-refractivity contribution in [2.45, 2.75) is 32.8 Å². The first kappa shape index (κ1) is 19.0. The number of nitrogens with zero attached hydrogens (tertiary/aromatic N) is 2. The van der Waals surface area contributed by atoms with Crippen molar-refractivity contribution in [1.82, 2.24) is 4.90 Å². The molecule has 0 bridgehead atoms. The van der Waals surface area contributed by atoms with E-state index in [1.165, 1.54) is 17.0 Å². The fourth-order valence-electron chi connectivity index (χ4n) is 1.73. The summed E-state index contributed by atoms with van der Waals surface area (Å²) < 4.78 is 5.25. The van der Waals surface area contributed by atoms with Gasteiger partial charge in [0.15, 0.2) is 0 Å². The van der Waals surface area contributed by atoms with Crippen LogP contribution in [0.4, 0.5) is 16.2 Å². The van der Waals surface area contributed by atoms with E-state index >= 15 is 0 Å². The van der Waals surface area contributed by atoms with Gasteiger partial charge in [0.25, 0.3) is 5.69 Å². The molecule has 0 aliphatic heterocycles. The van der Waals surface area contributed by atoms with Gasteiger partial charge in [0.1, 0.15) is 5.60 Å². The molecule has 0 aromatic heterocycles. The van der Waals surface area contributed by atoms with Gasteiger partial charge in [0, 0.05) is 32.3 Å². The summed E-state index contributed by atoms with van der Waals surface area (Å²) in [6.07, 6.45) is 0.314. The second-order valence-corrected chi connectivity index (χ2v) is 6.51. The zero-order valence-electron chi connectivity index (χ0n) is 13.8. The lowest BCUT2D eigenvalue weighted by atomic mass is 10.2. The minimum atomic E-state index is -0.518. The molecule has 7 nitrogen and oxygen atoms in total. The molecule has 1 aromatic carbocycles. The van der Waals surface area contributed by atoms with E-state index in [9.17, 15) is 14.9 Å². The van der Waals surface area contributed by atoms with E-state index < -0.39 is 10.5 Å². The topological polar surface area (TPSA) is 84.7 Å². The molecule has 0 atom stereocenters. The Morgan fingerprint density at radius 2 is 2.09 bits per heavy atom. The second-order valence-electron chi connectivity index (χ2n) is 6.10. The zero-order valence-corrected chi connectivity index (χ0v) is 14.5. The highest BCUT2D eigenvalue weighted by Crippen LogP contribution is 2.26.